The molecule has 0 spiro atoms. The van der Waals surface area contributed by atoms with Crippen LogP contribution in [0.1, 0.15) is 45.4 Å². The molecule has 0 amide bonds. The predicted octanol–water partition coefficient (Wildman–Crippen LogP) is 3.01. The lowest BCUT2D eigenvalue weighted by Crippen LogP contribution is -1.75. The molecular weight excluding hydrogens is 136 g/mol. The van der Waals surface area contributed by atoms with Crippen molar-refractivity contribution in [2.45, 2.75) is 45.4 Å². The van der Waals surface area contributed by atoms with Gasteiger partial charge < -0.3 is 0 Å². The lowest BCUT2D eigenvalue weighted by atomic mass is 10.1. The minimum absolute atomic E-state index is 1.03. The molecule has 0 atom stereocenters. The van der Waals surface area contributed by atoms with E-state index in [0.717, 1.165) is 6.42 Å². The van der Waals surface area contributed by atoms with Gasteiger partial charge in [0.2, 0.25) is 6.29 Å². The van der Waals surface area contributed by atoms with Gasteiger partial charge in [-0.2, -0.15) is 0 Å². The van der Waals surface area contributed by atoms with Crippen molar-refractivity contribution in [2.24, 2.45) is 0 Å². The van der Waals surface area contributed by atoms with Gasteiger partial charge in [0, 0.05) is 0 Å². The van der Waals surface area contributed by atoms with E-state index in [9.17, 15) is 4.79 Å². The number of hydrogen-bond acceptors (Lipinski definition) is 1. The summed E-state index contributed by atoms with van der Waals surface area (Å²) in [5.41, 5.74) is 0. The molecule has 0 heterocycles. The lowest BCUT2D eigenvalue weighted by Gasteiger charge is -1.94. The number of allylic oxidation sites excluding steroid dienone is 2. The summed E-state index contributed by atoms with van der Waals surface area (Å²) in [6.45, 7) is 2.21. The van der Waals surface area contributed by atoms with Gasteiger partial charge in [0.25, 0.3) is 0 Å². The second-order valence-electron chi connectivity index (χ2n) is 2.72. The summed E-state index contributed by atoms with van der Waals surface area (Å²) in [5.74, 6) is 0. The molecule has 0 rings (SSSR count). The quantitative estimate of drug-likeness (QED) is 0.406. The maximum atomic E-state index is 9.73. The zero-order valence-corrected chi connectivity index (χ0v) is 7.31. The molecule has 0 unspecified atom stereocenters. The van der Waals surface area contributed by atoms with Crippen LogP contribution in [-0.2, 0) is 4.79 Å². The minimum atomic E-state index is 1.03. The summed E-state index contributed by atoms with van der Waals surface area (Å²) in [6.07, 6.45) is 12.6. The van der Waals surface area contributed by atoms with Gasteiger partial charge in [0.15, 0.2) is 0 Å². The summed E-state index contributed by atoms with van der Waals surface area (Å²) >= 11 is 0. The fourth-order valence-electron chi connectivity index (χ4n) is 0.997. The standard InChI is InChI=1S/C10H17O/c1-2-3-4-5-6-7-8-9-10-11/h8-9H,2-7H2,1H3. The van der Waals surface area contributed by atoms with E-state index in [0.29, 0.717) is 0 Å². The van der Waals surface area contributed by atoms with Crippen molar-refractivity contribution in [3.8, 4) is 0 Å². The summed E-state index contributed by atoms with van der Waals surface area (Å²) in [5, 5.41) is 0. The SMILES string of the molecule is CCCCCCCC=C[C]=O. The van der Waals surface area contributed by atoms with Crippen LogP contribution in [0.25, 0.3) is 0 Å². The molecule has 0 saturated carbocycles. The Hall–Kier alpha value is -0.590. The molecule has 0 aromatic rings. The summed E-state index contributed by atoms with van der Waals surface area (Å²) in [4.78, 5) is 9.73. The molecular formula is C10H17O. The van der Waals surface area contributed by atoms with E-state index in [4.69, 9.17) is 0 Å². The molecule has 0 bridgehead atoms. The van der Waals surface area contributed by atoms with Crippen LogP contribution >= 0.6 is 0 Å². The third kappa shape index (κ3) is 9.41. The normalized spacial score (nSPS) is 10.6. The monoisotopic (exact) mass is 153 g/mol. The molecule has 0 aromatic carbocycles. The molecule has 1 radical (unpaired) electrons. The van der Waals surface area contributed by atoms with Gasteiger partial charge in [0.1, 0.15) is 0 Å². The van der Waals surface area contributed by atoms with Crippen LogP contribution in [0.3, 0.4) is 0 Å². The molecule has 63 valence electrons. The Labute approximate surface area is 69.5 Å². The van der Waals surface area contributed by atoms with Gasteiger partial charge in [0.05, 0.1) is 0 Å². The minimum Gasteiger partial charge on any atom is -0.286 e. The molecule has 1 heteroatoms. The smallest absolute Gasteiger partial charge is 0.225 e. The highest BCUT2D eigenvalue weighted by molar-refractivity contribution is 5.65. The van der Waals surface area contributed by atoms with Crippen LogP contribution in [-0.4, -0.2) is 6.29 Å². The van der Waals surface area contributed by atoms with Crippen LogP contribution in [0.5, 0.6) is 0 Å². The first-order chi connectivity index (χ1) is 5.41. The molecule has 0 saturated heterocycles. The van der Waals surface area contributed by atoms with Crippen molar-refractivity contribution in [3.63, 3.8) is 0 Å². The van der Waals surface area contributed by atoms with Crippen LogP contribution < -0.4 is 0 Å². The van der Waals surface area contributed by atoms with E-state index in [1.807, 2.05) is 6.08 Å². The van der Waals surface area contributed by atoms with Gasteiger partial charge in [-0.1, -0.05) is 38.7 Å². The van der Waals surface area contributed by atoms with E-state index < -0.39 is 0 Å². The largest absolute Gasteiger partial charge is 0.286 e. The first-order valence-corrected chi connectivity index (χ1v) is 4.44. The van der Waals surface area contributed by atoms with Crippen LogP contribution in [0.4, 0.5) is 0 Å². The highest BCUT2D eigenvalue weighted by Crippen LogP contribution is 2.04. The van der Waals surface area contributed by atoms with Crippen molar-refractivity contribution < 1.29 is 4.79 Å². The molecule has 0 N–H and O–H groups in total. The van der Waals surface area contributed by atoms with Crippen molar-refractivity contribution >= 4 is 6.29 Å². The predicted molar refractivity (Wildman–Crippen MR) is 48.2 cm³/mol. The molecule has 0 aliphatic carbocycles. The summed E-state index contributed by atoms with van der Waals surface area (Å²) in [6, 6.07) is 0. The zero-order valence-electron chi connectivity index (χ0n) is 7.31. The van der Waals surface area contributed by atoms with Crippen molar-refractivity contribution in [3.05, 3.63) is 12.2 Å². The first kappa shape index (κ1) is 10.4. The van der Waals surface area contributed by atoms with Crippen molar-refractivity contribution in [2.75, 3.05) is 0 Å². The fourth-order valence-corrected chi connectivity index (χ4v) is 0.997. The second kappa shape index (κ2) is 9.41. The lowest BCUT2D eigenvalue weighted by molar-refractivity contribution is 0.564. The number of rotatable bonds is 7. The molecule has 0 aliphatic heterocycles. The third-order valence-corrected chi connectivity index (χ3v) is 1.66. The third-order valence-electron chi connectivity index (χ3n) is 1.66. The average Bonchev–Trinajstić information content (AvgIpc) is 2.03. The highest BCUT2D eigenvalue weighted by atomic mass is 16.1. The van der Waals surface area contributed by atoms with Crippen molar-refractivity contribution in [1.29, 1.82) is 0 Å². The van der Waals surface area contributed by atoms with E-state index in [2.05, 4.69) is 6.92 Å². The Morgan fingerprint density at radius 1 is 1.18 bits per heavy atom. The van der Waals surface area contributed by atoms with Crippen LogP contribution in [0, 0.1) is 0 Å². The summed E-state index contributed by atoms with van der Waals surface area (Å²) in [7, 11) is 0. The van der Waals surface area contributed by atoms with Gasteiger partial charge in [-0.15, -0.1) is 0 Å². The average molecular weight is 153 g/mol. The maximum Gasteiger partial charge on any atom is 0.225 e. The fraction of sp³-hybridized carbons (Fsp3) is 0.700. The van der Waals surface area contributed by atoms with E-state index in [1.165, 1.54) is 38.2 Å². The van der Waals surface area contributed by atoms with Crippen LogP contribution in [0.2, 0.25) is 0 Å². The Balaban J connectivity index is 2.90. The molecule has 0 fully saturated rings. The van der Waals surface area contributed by atoms with Gasteiger partial charge >= 0.3 is 0 Å². The number of hydrogen-bond donors (Lipinski definition) is 0. The zero-order chi connectivity index (χ0) is 8.36. The van der Waals surface area contributed by atoms with Crippen LogP contribution in [0.15, 0.2) is 12.2 Å². The molecule has 1 nitrogen and oxygen atoms in total. The number of unbranched alkanes of at least 4 members (excludes halogenated alkanes) is 5. The van der Waals surface area contributed by atoms with Gasteiger partial charge in [-0.05, 0) is 18.9 Å². The first-order valence-electron chi connectivity index (χ1n) is 4.44. The highest BCUT2D eigenvalue weighted by Gasteiger charge is 1.85. The van der Waals surface area contributed by atoms with E-state index >= 15 is 0 Å². The molecule has 11 heavy (non-hydrogen) atoms. The van der Waals surface area contributed by atoms with Crippen molar-refractivity contribution in [1.82, 2.24) is 0 Å². The van der Waals surface area contributed by atoms with E-state index in [-0.39, 0.29) is 0 Å². The number of carbonyl (C=O) groups excluding carboxylic acids is 1. The second-order valence-corrected chi connectivity index (χ2v) is 2.72. The Bertz CT molecular complexity index is 105. The summed E-state index contributed by atoms with van der Waals surface area (Å²) < 4.78 is 0. The molecule has 0 aliphatic rings. The Morgan fingerprint density at radius 2 is 1.91 bits per heavy atom. The molecule has 0 aromatic heterocycles. The topological polar surface area (TPSA) is 17.1 Å². The van der Waals surface area contributed by atoms with Gasteiger partial charge in [-0.3, -0.25) is 4.79 Å². The van der Waals surface area contributed by atoms with Gasteiger partial charge in [-0.25, -0.2) is 0 Å². The Morgan fingerprint density at radius 3 is 2.55 bits per heavy atom. The van der Waals surface area contributed by atoms with E-state index in [1.54, 1.807) is 6.29 Å². The maximum absolute atomic E-state index is 9.73. The Kier molecular flexibility index (Phi) is 8.91.